The van der Waals surface area contributed by atoms with Crippen LogP contribution in [0.3, 0.4) is 0 Å². The minimum absolute atomic E-state index is 0.0615. The number of piperidine rings is 1. The van der Waals surface area contributed by atoms with Gasteiger partial charge in [-0.3, -0.25) is 25.8 Å². The van der Waals surface area contributed by atoms with Gasteiger partial charge in [0, 0.05) is 31.6 Å². The van der Waals surface area contributed by atoms with Crippen molar-refractivity contribution in [3.05, 3.63) is 35.6 Å². The summed E-state index contributed by atoms with van der Waals surface area (Å²) in [6.07, 6.45) is 1.67. The van der Waals surface area contributed by atoms with Gasteiger partial charge in [0.2, 0.25) is 11.8 Å². The molecule has 0 bridgehead atoms. The van der Waals surface area contributed by atoms with Gasteiger partial charge >= 0.3 is 6.03 Å². The number of imide groups is 1. The van der Waals surface area contributed by atoms with Crippen LogP contribution in [-0.4, -0.2) is 66.4 Å². The molecular weight excluding hydrogens is 365 g/mol. The zero-order chi connectivity index (χ0) is 19.7. The highest BCUT2D eigenvalue weighted by molar-refractivity contribution is 6.03. The van der Waals surface area contributed by atoms with Crippen LogP contribution in [-0.2, 0) is 9.59 Å². The van der Waals surface area contributed by atoms with Gasteiger partial charge in [-0.05, 0) is 36.5 Å². The molecule has 0 saturated carbocycles. The quantitative estimate of drug-likeness (QED) is 0.639. The number of urea groups is 1. The highest BCUT2D eigenvalue weighted by atomic mass is 19.1. The van der Waals surface area contributed by atoms with Gasteiger partial charge in [-0.15, -0.1) is 0 Å². The first-order valence-electron chi connectivity index (χ1n) is 9.61. The normalized spacial score (nSPS) is 26.0. The summed E-state index contributed by atoms with van der Waals surface area (Å²) in [5, 5.41) is 2.18. The van der Waals surface area contributed by atoms with E-state index in [1.54, 1.807) is 17.0 Å². The molecule has 1 aromatic carbocycles. The molecule has 0 spiro atoms. The van der Waals surface area contributed by atoms with Crippen LogP contribution in [0.5, 0.6) is 0 Å². The van der Waals surface area contributed by atoms with Crippen molar-refractivity contribution < 1.29 is 18.8 Å². The van der Waals surface area contributed by atoms with Gasteiger partial charge < -0.3 is 9.80 Å². The van der Waals surface area contributed by atoms with E-state index in [9.17, 15) is 18.8 Å². The van der Waals surface area contributed by atoms with Crippen LogP contribution in [0.4, 0.5) is 9.18 Å². The molecule has 0 aromatic heterocycles. The second kappa shape index (κ2) is 7.84. The fraction of sp³-hybridized carbons (Fsp3) is 0.526. The molecule has 28 heavy (non-hydrogen) atoms. The zero-order valence-corrected chi connectivity index (χ0v) is 15.5. The summed E-state index contributed by atoms with van der Waals surface area (Å²) in [5.41, 5.74) is 7.50. The van der Waals surface area contributed by atoms with E-state index < -0.39 is 6.03 Å². The maximum atomic E-state index is 13.6. The lowest BCUT2D eigenvalue weighted by Gasteiger charge is -2.37. The number of nitrogens with one attached hydrogen (secondary N) is 3. The fourth-order valence-electron chi connectivity index (χ4n) is 4.41. The Kier molecular flexibility index (Phi) is 5.27. The van der Waals surface area contributed by atoms with Crippen molar-refractivity contribution in [1.29, 1.82) is 0 Å². The smallest absolute Gasteiger partial charge is 0.325 e. The number of likely N-dealkylation sites (tertiary alicyclic amines) is 1. The average molecular weight is 389 g/mol. The Hall–Kier alpha value is -2.52. The topological polar surface area (TPSA) is 93.8 Å². The van der Waals surface area contributed by atoms with E-state index in [4.69, 9.17) is 0 Å². The molecular formula is C19H24FN5O3. The second-order valence-corrected chi connectivity index (χ2v) is 7.64. The van der Waals surface area contributed by atoms with E-state index in [0.29, 0.717) is 19.0 Å². The lowest BCUT2D eigenvalue weighted by atomic mass is 9.80. The van der Waals surface area contributed by atoms with E-state index >= 15 is 0 Å². The molecule has 4 rings (SSSR count). The second-order valence-electron chi connectivity index (χ2n) is 7.64. The Bertz CT molecular complexity index is 781. The van der Waals surface area contributed by atoms with Crippen LogP contribution < -0.4 is 16.2 Å². The molecule has 3 aliphatic heterocycles. The molecule has 0 aliphatic carbocycles. The highest BCUT2D eigenvalue weighted by Crippen LogP contribution is 2.32. The van der Waals surface area contributed by atoms with Crippen LogP contribution in [0.25, 0.3) is 0 Å². The SMILES string of the molecule is O=C1CN(CC(=O)N2CCC(C3NNCC3c3cccc(F)c3)CC2)C(=O)N1. The van der Waals surface area contributed by atoms with E-state index in [1.807, 2.05) is 6.07 Å². The summed E-state index contributed by atoms with van der Waals surface area (Å²) < 4.78 is 13.6. The first-order valence-corrected chi connectivity index (χ1v) is 9.61. The lowest BCUT2D eigenvalue weighted by molar-refractivity contribution is -0.133. The maximum Gasteiger partial charge on any atom is 0.325 e. The van der Waals surface area contributed by atoms with Gasteiger partial charge in [-0.2, -0.15) is 0 Å². The molecule has 0 radical (unpaired) electrons. The van der Waals surface area contributed by atoms with Crippen molar-refractivity contribution in [3.8, 4) is 0 Å². The van der Waals surface area contributed by atoms with Gasteiger partial charge in [-0.25, -0.2) is 9.18 Å². The Morgan fingerprint density at radius 1 is 1.21 bits per heavy atom. The molecule has 9 heteroatoms. The summed E-state index contributed by atoms with van der Waals surface area (Å²) in [6, 6.07) is 6.41. The Morgan fingerprint density at radius 2 is 2.00 bits per heavy atom. The molecule has 3 N–H and O–H groups in total. The average Bonchev–Trinajstić information content (AvgIpc) is 3.28. The van der Waals surface area contributed by atoms with Crippen molar-refractivity contribution >= 4 is 17.8 Å². The van der Waals surface area contributed by atoms with Crippen LogP contribution in [0.15, 0.2) is 24.3 Å². The van der Waals surface area contributed by atoms with Crippen molar-refractivity contribution in [3.63, 3.8) is 0 Å². The molecule has 2 unspecified atom stereocenters. The van der Waals surface area contributed by atoms with Gasteiger partial charge in [-0.1, -0.05) is 12.1 Å². The predicted molar refractivity (Wildman–Crippen MR) is 98.5 cm³/mol. The molecule has 3 saturated heterocycles. The highest BCUT2D eigenvalue weighted by Gasteiger charge is 2.37. The number of amides is 4. The van der Waals surface area contributed by atoms with E-state index in [0.717, 1.165) is 24.9 Å². The Balaban J connectivity index is 1.33. The van der Waals surface area contributed by atoms with E-state index in [-0.39, 0.29) is 42.7 Å². The monoisotopic (exact) mass is 389 g/mol. The molecule has 3 fully saturated rings. The Labute approximate surface area is 162 Å². The minimum atomic E-state index is -0.507. The number of hydrazine groups is 1. The summed E-state index contributed by atoms with van der Waals surface area (Å²) in [4.78, 5) is 38.3. The fourth-order valence-corrected chi connectivity index (χ4v) is 4.41. The third-order valence-electron chi connectivity index (χ3n) is 5.90. The number of nitrogens with zero attached hydrogens (tertiary/aromatic N) is 2. The van der Waals surface area contributed by atoms with Crippen molar-refractivity contribution in [2.24, 2.45) is 5.92 Å². The molecule has 2 atom stereocenters. The van der Waals surface area contributed by atoms with Gasteiger partial charge in [0.05, 0.1) is 0 Å². The number of carbonyl (C=O) groups excluding carboxylic acids is 3. The molecule has 150 valence electrons. The molecule has 4 amide bonds. The number of rotatable bonds is 4. The first-order chi connectivity index (χ1) is 13.5. The number of carbonyl (C=O) groups is 3. The Morgan fingerprint density at radius 3 is 2.68 bits per heavy atom. The number of halogens is 1. The summed E-state index contributed by atoms with van der Waals surface area (Å²) >= 11 is 0. The number of hydrogen-bond donors (Lipinski definition) is 3. The van der Waals surface area contributed by atoms with Crippen LogP contribution in [0.1, 0.15) is 24.3 Å². The predicted octanol–water partition coefficient (Wildman–Crippen LogP) is 0.176. The third-order valence-corrected chi connectivity index (χ3v) is 5.90. The maximum absolute atomic E-state index is 13.6. The van der Waals surface area contributed by atoms with Crippen molar-refractivity contribution in [2.45, 2.75) is 24.8 Å². The largest absolute Gasteiger partial charge is 0.341 e. The van der Waals surface area contributed by atoms with Crippen LogP contribution in [0, 0.1) is 11.7 Å². The van der Waals surface area contributed by atoms with Gasteiger partial charge in [0.15, 0.2) is 0 Å². The molecule has 3 heterocycles. The number of benzene rings is 1. The van der Waals surface area contributed by atoms with Crippen LogP contribution >= 0.6 is 0 Å². The summed E-state index contributed by atoms with van der Waals surface area (Å²) in [6.45, 7) is 1.83. The van der Waals surface area contributed by atoms with Crippen LogP contribution in [0.2, 0.25) is 0 Å². The third kappa shape index (κ3) is 3.85. The van der Waals surface area contributed by atoms with Gasteiger partial charge in [0.1, 0.15) is 18.9 Å². The van der Waals surface area contributed by atoms with E-state index in [2.05, 4.69) is 16.2 Å². The molecule has 1 aromatic rings. The van der Waals surface area contributed by atoms with Crippen molar-refractivity contribution in [1.82, 2.24) is 26.0 Å². The van der Waals surface area contributed by atoms with E-state index in [1.165, 1.54) is 11.0 Å². The van der Waals surface area contributed by atoms with Crippen molar-refractivity contribution in [2.75, 3.05) is 32.7 Å². The molecule has 3 aliphatic rings. The minimum Gasteiger partial charge on any atom is -0.341 e. The first kappa shape index (κ1) is 18.8. The molecule has 8 nitrogen and oxygen atoms in total. The van der Waals surface area contributed by atoms with Gasteiger partial charge in [0.25, 0.3) is 0 Å². The zero-order valence-electron chi connectivity index (χ0n) is 15.5. The lowest BCUT2D eigenvalue weighted by Crippen LogP contribution is -2.48. The summed E-state index contributed by atoms with van der Waals surface area (Å²) in [7, 11) is 0. The number of hydrogen-bond acceptors (Lipinski definition) is 5. The summed E-state index contributed by atoms with van der Waals surface area (Å²) in [5.74, 6) is -0.193. The standard InChI is InChI=1S/C19H24FN5O3/c20-14-3-1-2-13(8-14)15-9-21-23-18(15)12-4-6-24(7-5-12)17(27)11-25-10-16(26)22-19(25)28/h1-3,8,12,15,18,21,23H,4-7,9-11H2,(H,22,26,28).